The van der Waals surface area contributed by atoms with Crippen LogP contribution in [0.1, 0.15) is 32.6 Å². The second kappa shape index (κ2) is 4.63. The topological polar surface area (TPSA) is 26.9 Å². The van der Waals surface area contributed by atoms with E-state index in [1.54, 1.807) is 21.5 Å². The average Bonchev–Trinajstić information content (AvgIpc) is 2.59. The quantitative estimate of drug-likeness (QED) is 0.802. The Bertz CT molecular complexity index is 436. The van der Waals surface area contributed by atoms with Crippen LogP contribution in [-0.4, -0.2) is 15.1 Å². The van der Waals surface area contributed by atoms with Crippen molar-refractivity contribution in [2.24, 2.45) is 5.92 Å². The summed E-state index contributed by atoms with van der Waals surface area (Å²) in [6.45, 7) is 2.93. The minimum Gasteiger partial charge on any atom is -0.300 e. The third-order valence-electron chi connectivity index (χ3n) is 3.46. The standard InChI is InChI=1S/C12H18F2N2O/c1-2-15-6-7-16(11(15)17)9-10-4-3-5-12(13,14)8-10/h6-7,10H,2-5,8-9H2,1H3. The van der Waals surface area contributed by atoms with Gasteiger partial charge in [0.25, 0.3) is 0 Å². The molecular formula is C12H18F2N2O. The summed E-state index contributed by atoms with van der Waals surface area (Å²) in [5.74, 6) is -2.62. The van der Waals surface area contributed by atoms with Crippen LogP contribution in [0.25, 0.3) is 0 Å². The number of aromatic nitrogens is 2. The van der Waals surface area contributed by atoms with Crippen molar-refractivity contribution in [1.82, 2.24) is 9.13 Å². The molecule has 3 nitrogen and oxygen atoms in total. The molecule has 2 rings (SSSR count). The molecule has 17 heavy (non-hydrogen) atoms. The van der Waals surface area contributed by atoms with E-state index in [9.17, 15) is 13.6 Å². The van der Waals surface area contributed by atoms with Crippen molar-refractivity contribution in [2.45, 2.75) is 51.6 Å². The smallest absolute Gasteiger partial charge is 0.300 e. The Kier molecular flexibility index (Phi) is 3.35. The molecule has 1 aromatic rings. The van der Waals surface area contributed by atoms with Crippen molar-refractivity contribution in [3.05, 3.63) is 22.9 Å². The zero-order valence-electron chi connectivity index (χ0n) is 10.0. The highest BCUT2D eigenvalue weighted by atomic mass is 19.3. The molecule has 5 heteroatoms. The fourth-order valence-electron chi connectivity index (χ4n) is 2.54. The Morgan fingerprint density at radius 2 is 2.12 bits per heavy atom. The molecule has 1 saturated carbocycles. The van der Waals surface area contributed by atoms with Gasteiger partial charge in [0.15, 0.2) is 0 Å². The van der Waals surface area contributed by atoms with Crippen LogP contribution in [0.15, 0.2) is 17.2 Å². The van der Waals surface area contributed by atoms with Gasteiger partial charge in [0.1, 0.15) is 0 Å². The molecule has 0 aromatic carbocycles. The summed E-state index contributed by atoms with van der Waals surface area (Å²) in [7, 11) is 0. The van der Waals surface area contributed by atoms with Gasteiger partial charge in [0.2, 0.25) is 5.92 Å². The molecule has 0 spiro atoms. The summed E-state index contributed by atoms with van der Waals surface area (Å²) in [5.41, 5.74) is -0.0959. The lowest BCUT2D eigenvalue weighted by Crippen LogP contribution is -2.32. The van der Waals surface area contributed by atoms with Crippen LogP contribution in [0.4, 0.5) is 8.78 Å². The number of nitrogens with zero attached hydrogens (tertiary/aromatic N) is 2. The van der Waals surface area contributed by atoms with Crippen LogP contribution < -0.4 is 5.69 Å². The molecule has 0 saturated heterocycles. The maximum Gasteiger partial charge on any atom is 0.328 e. The molecule has 1 atom stereocenters. The largest absolute Gasteiger partial charge is 0.328 e. The molecule has 1 heterocycles. The minimum atomic E-state index is -2.54. The fourth-order valence-corrected chi connectivity index (χ4v) is 2.54. The number of aryl methyl sites for hydroxylation is 1. The Morgan fingerprint density at radius 1 is 1.41 bits per heavy atom. The zero-order chi connectivity index (χ0) is 12.5. The molecule has 1 aliphatic rings. The molecule has 0 bridgehead atoms. The number of hydrogen-bond donors (Lipinski definition) is 0. The predicted molar refractivity (Wildman–Crippen MR) is 61.3 cm³/mol. The molecule has 96 valence electrons. The minimum absolute atomic E-state index is 0.00558. The number of imidazole rings is 1. The molecule has 0 N–H and O–H groups in total. The lowest BCUT2D eigenvalue weighted by Gasteiger charge is -2.28. The molecule has 0 radical (unpaired) electrons. The molecular weight excluding hydrogens is 226 g/mol. The maximum absolute atomic E-state index is 13.2. The van der Waals surface area contributed by atoms with E-state index in [0.717, 1.165) is 6.42 Å². The summed E-state index contributed by atoms with van der Waals surface area (Å²) >= 11 is 0. The third-order valence-corrected chi connectivity index (χ3v) is 3.46. The maximum atomic E-state index is 13.2. The van der Waals surface area contributed by atoms with E-state index in [-0.39, 0.29) is 24.4 Å². The lowest BCUT2D eigenvalue weighted by atomic mass is 9.86. The fraction of sp³-hybridized carbons (Fsp3) is 0.750. The number of halogens is 2. The van der Waals surface area contributed by atoms with Crippen LogP contribution >= 0.6 is 0 Å². The first-order valence-electron chi connectivity index (χ1n) is 6.15. The summed E-state index contributed by atoms with van der Waals surface area (Å²) in [5, 5.41) is 0. The predicted octanol–water partition coefficient (Wildman–Crippen LogP) is 2.50. The van der Waals surface area contributed by atoms with Crippen molar-refractivity contribution in [3.8, 4) is 0 Å². The first kappa shape index (κ1) is 12.3. The van der Waals surface area contributed by atoms with E-state index < -0.39 is 5.92 Å². The second-order valence-corrected chi connectivity index (χ2v) is 4.84. The van der Waals surface area contributed by atoms with Crippen LogP contribution in [0, 0.1) is 5.92 Å². The number of hydrogen-bond acceptors (Lipinski definition) is 1. The highest BCUT2D eigenvalue weighted by Crippen LogP contribution is 2.37. The first-order chi connectivity index (χ1) is 8.02. The van der Waals surface area contributed by atoms with Crippen molar-refractivity contribution >= 4 is 0 Å². The monoisotopic (exact) mass is 244 g/mol. The SMILES string of the molecule is CCn1ccn(CC2CCCC(F)(F)C2)c1=O. The van der Waals surface area contributed by atoms with E-state index in [1.165, 1.54) is 0 Å². The van der Waals surface area contributed by atoms with Crippen molar-refractivity contribution in [1.29, 1.82) is 0 Å². The van der Waals surface area contributed by atoms with Gasteiger partial charge >= 0.3 is 5.69 Å². The van der Waals surface area contributed by atoms with Gasteiger partial charge in [-0.2, -0.15) is 0 Å². The van der Waals surface area contributed by atoms with E-state index in [1.807, 2.05) is 6.92 Å². The molecule has 1 fully saturated rings. The van der Waals surface area contributed by atoms with E-state index >= 15 is 0 Å². The molecule has 1 aromatic heterocycles. The van der Waals surface area contributed by atoms with Crippen molar-refractivity contribution in [2.75, 3.05) is 0 Å². The second-order valence-electron chi connectivity index (χ2n) is 4.84. The summed E-state index contributed by atoms with van der Waals surface area (Å²) in [6, 6.07) is 0. The van der Waals surface area contributed by atoms with Crippen molar-refractivity contribution < 1.29 is 8.78 Å². The van der Waals surface area contributed by atoms with Gasteiger partial charge in [0.05, 0.1) is 0 Å². The van der Waals surface area contributed by atoms with Gasteiger partial charge in [-0.15, -0.1) is 0 Å². The van der Waals surface area contributed by atoms with Gasteiger partial charge in [-0.3, -0.25) is 9.13 Å². The zero-order valence-corrected chi connectivity index (χ0v) is 10.0. The summed E-state index contributed by atoms with van der Waals surface area (Å²) in [4.78, 5) is 11.8. The summed E-state index contributed by atoms with van der Waals surface area (Å²) in [6.07, 6.45) is 4.66. The lowest BCUT2D eigenvalue weighted by molar-refractivity contribution is -0.0548. The van der Waals surface area contributed by atoms with Gasteiger partial charge in [-0.1, -0.05) is 0 Å². The van der Waals surface area contributed by atoms with Crippen LogP contribution in [0.3, 0.4) is 0 Å². The van der Waals surface area contributed by atoms with Crippen molar-refractivity contribution in [3.63, 3.8) is 0 Å². The Labute approximate surface area is 99.1 Å². The number of rotatable bonds is 3. The Hall–Kier alpha value is -1.13. The average molecular weight is 244 g/mol. The van der Waals surface area contributed by atoms with Gasteiger partial charge in [-0.05, 0) is 25.7 Å². The van der Waals surface area contributed by atoms with E-state index in [0.29, 0.717) is 19.5 Å². The highest BCUT2D eigenvalue weighted by molar-refractivity contribution is 4.84. The van der Waals surface area contributed by atoms with Gasteiger partial charge in [0, 0.05) is 38.3 Å². The summed E-state index contributed by atoms with van der Waals surface area (Å²) < 4.78 is 29.6. The Morgan fingerprint density at radius 3 is 2.71 bits per heavy atom. The third kappa shape index (κ3) is 2.76. The van der Waals surface area contributed by atoms with E-state index in [2.05, 4.69) is 0 Å². The molecule has 1 unspecified atom stereocenters. The number of alkyl halides is 2. The molecule has 0 aliphatic heterocycles. The first-order valence-corrected chi connectivity index (χ1v) is 6.15. The molecule has 1 aliphatic carbocycles. The Balaban J connectivity index is 2.05. The van der Waals surface area contributed by atoms with Gasteiger partial charge < -0.3 is 0 Å². The highest BCUT2D eigenvalue weighted by Gasteiger charge is 2.36. The van der Waals surface area contributed by atoms with Crippen LogP contribution in [0.5, 0.6) is 0 Å². The van der Waals surface area contributed by atoms with Gasteiger partial charge in [-0.25, -0.2) is 13.6 Å². The molecule has 0 amide bonds. The van der Waals surface area contributed by atoms with E-state index in [4.69, 9.17) is 0 Å². The van der Waals surface area contributed by atoms with Crippen LogP contribution in [0.2, 0.25) is 0 Å². The van der Waals surface area contributed by atoms with Crippen LogP contribution in [-0.2, 0) is 13.1 Å². The normalized spacial score (nSPS) is 23.8.